The maximum atomic E-state index is 5.84. The molecule has 1 unspecified atom stereocenters. The number of fused-ring (bicyclic) bond motifs is 3. The van der Waals surface area contributed by atoms with Gasteiger partial charge in [0.15, 0.2) is 5.82 Å². The normalized spacial score (nSPS) is 15.6. The predicted octanol–water partition coefficient (Wildman–Crippen LogP) is 3.24. The van der Waals surface area contributed by atoms with Gasteiger partial charge < -0.3 is 9.47 Å². The SMILES string of the molecule is COC1Oc2ccccc2-c2nc(-c3ccncc3)ncc21. The molecule has 22 heavy (non-hydrogen) atoms. The number of methoxy groups -OCH3 is 1. The molecule has 0 saturated heterocycles. The van der Waals surface area contributed by atoms with E-state index in [0.717, 1.165) is 28.1 Å². The van der Waals surface area contributed by atoms with Gasteiger partial charge in [0.25, 0.3) is 0 Å². The molecular weight excluding hydrogens is 278 g/mol. The molecule has 4 rings (SSSR count). The zero-order valence-corrected chi connectivity index (χ0v) is 11.9. The van der Waals surface area contributed by atoms with E-state index < -0.39 is 6.29 Å². The maximum absolute atomic E-state index is 5.84. The first-order chi connectivity index (χ1) is 10.9. The fourth-order valence-electron chi connectivity index (χ4n) is 2.54. The van der Waals surface area contributed by atoms with Crippen molar-refractivity contribution in [1.29, 1.82) is 0 Å². The van der Waals surface area contributed by atoms with Crippen LogP contribution in [0.2, 0.25) is 0 Å². The van der Waals surface area contributed by atoms with Crippen LogP contribution in [0, 0.1) is 0 Å². The van der Waals surface area contributed by atoms with Gasteiger partial charge in [-0.25, -0.2) is 9.97 Å². The number of pyridine rings is 1. The van der Waals surface area contributed by atoms with Crippen LogP contribution in [0.4, 0.5) is 0 Å². The number of rotatable bonds is 2. The summed E-state index contributed by atoms with van der Waals surface area (Å²) in [5, 5.41) is 0. The van der Waals surface area contributed by atoms with Gasteiger partial charge in [0.1, 0.15) is 5.75 Å². The number of benzene rings is 1. The average molecular weight is 291 g/mol. The lowest BCUT2D eigenvalue weighted by molar-refractivity contribution is -0.0583. The summed E-state index contributed by atoms with van der Waals surface area (Å²) in [6, 6.07) is 11.6. The Bertz CT molecular complexity index is 821. The Balaban J connectivity index is 1.91. The maximum Gasteiger partial charge on any atom is 0.230 e. The van der Waals surface area contributed by atoms with Crippen molar-refractivity contribution < 1.29 is 9.47 Å². The summed E-state index contributed by atoms with van der Waals surface area (Å²) < 4.78 is 11.2. The molecule has 1 aliphatic heterocycles. The minimum absolute atomic E-state index is 0.489. The van der Waals surface area contributed by atoms with Crippen LogP contribution in [-0.2, 0) is 4.74 Å². The van der Waals surface area contributed by atoms with Crippen molar-refractivity contribution in [3.63, 3.8) is 0 Å². The van der Waals surface area contributed by atoms with E-state index in [1.807, 2.05) is 36.4 Å². The summed E-state index contributed by atoms with van der Waals surface area (Å²) in [7, 11) is 1.61. The second-order valence-corrected chi connectivity index (χ2v) is 4.92. The van der Waals surface area contributed by atoms with E-state index >= 15 is 0 Å². The fourth-order valence-corrected chi connectivity index (χ4v) is 2.54. The molecule has 0 aliphatic carbocycles. The molecule has 3 heterocycles. The van der Waals surface area contributed by atoms with Crippen LogP contribution in [-0.4, -0.2) is 22.1 Å². The second kappa shape index (κ2) is 5.20. The molecule has 0 fully saturated rings. The Hall–Kier alpha value is -2.79. The fraction of sp³-hybridized carbons (Fsp3) is 0.118. The van der Waals surface area contributed by atoms with Gasteiger partial charge in [0.2, 0.25) is 6.29 Å². The van der Waals surface area contributed by atoms with Gasteiger partial charge in [-0.1, -0.05) is 12.1 Å². The van der Waals surface area contributed by atoms with Gasteiger partial charge in [-0.2, -0.15) is 0 Å². The molecule has 0 radical (unpaired) electrons. The topological polar surface area (TPSA) is 57.1 Å². The summed E-state index contributed by atoms with van der Waals surface area (Å²) in [4.78, 5) is 13.2. The highest BCUT2D eigenvalue weighted by Crippen LogP contribution is 2.41. The Morgan fingerprint density at radius 1 is 1.09 bits per heavy atom. The Kier molecular flexibility index (Phi) is 3.05. The van der Waals surface area contributed by atoms with Gasteiger partial charge in [-0.15, -0.1) is 0 Å². The largest absolute Gasteiger partial charge is 0.460 e. The molecule has 5 nitrogen and oxygen atoms in total. The quantitative estimate of drug-likeness (QED) is 0.725. The van der Waals surface area contributed by atoms with Crippen LogP contribution in [0.15, 0.2) is 55.0 Å². The van der Waals surface area contributed by atoms with Crippen molar-refractivity contribution in [1.82, 2.24) is 15.0 Å². The molecule has 2 aromatic heterocycles. The van der Waals surface area contributed by atoms with Gasteiger partial charge in [-0.05, 0) is 24.3 Å². The van der Waals surface area contributed by atoms with Crippen molar-refractivity contribution in [2.24, 2.45) is 0 Å². The zero-order valence-electron chi connectivity index (χ0n) is 11.9. The minimum Gasteiger partial charge on any atom is -0.460 e. The highest BCUT2D eigenvalue weighted by atomic mass is 16.7. The zero-order chi connectivity index (χ0) is 14.9. The molecule has 0 amide bonds. The Labute approximate surface area is 127 Å². The van der Waals surface area contributed by atoms with E-state index in [0.29, 0.717) is 5.82 Å². The van der Waals surface area contributed by atoms with E-state index in [4.69, 9.17) is 14.5 Å². The number of ether oxygens (including phenoxy) is 2. The third kappa shape index (κ3) is 2.03. The highest BCUT2D eigenvalue weighted by molar-refractivity contribution is 5.73. The molecule has 1 aliphatic rings. The van der Waals surface area contributed by atoms with Crippen molar-refractivity contribution in [3.05, 3.63) is 60.6 Å². The standard InChI is InChI=1S/C17H13N3O2/c1-21-17-13-10-19-16(11-6-8-18-9-7-11)20-15(13)12-4-2-3-5-14(12)22-17/h2-10,17H,1H3. The number of hydrogen-bond donors (Lipinski definition) is 0. The highest BCUT2D eigenvalue weighted by Gasteiger charge is 2.27. The summed E-state index contributed by atoms with van der Waals surface area (Å²) in [6.45, 7) is 0. The Morgan fingerprint density at radius 3 is 2.73 bits per heavy atom. The summed E-state index contributed by atoms with van der Waals surface area (Å²) in [5.41, 5.74) is 3.55. The van der Waals surface area contributed by atoms with E-state index in [1.165, 1.54) is 0 Å². The lowest BCUT2D eigenvalue weighted by atomic mass is 10.0. The third-order valence-electron chi connectivity index (χ3n) is 3.60. The van der Waals surface area contributed by atoms with Crippen LogP contribution < -0.4 is 4.74 Å². The summed E-state index contributed by atoms with van der Waals surface area (Å²) >= 11 is 0. The van der Waals surface area contributed by atoms with Crippen LogP contribution in [0.5, 0.6) is 5.75 Å². The van der Waals surface area contributed by atoms with Crippen LogP contribution >= 0.6 is 0 Å². The first kappa shape index (κ1) is 12.9. The van der Waals surface area contributed by atoms with E-state index in [2.05, 4.69) is 9.97 Å². The molecule has 0 saturated carbocycles. The van der Waals surface area contributed by atoms with Gasteiger partial charge >= 0.3 is 0 Å². The lowest BCUT2D eigenvalue weighted by Gasteiger charge is -2.26. The first-order valence-electron chi connectivity index (χ1n) is 6.93. The average Bonchev–Trinajstić information content (AvgIpc) is 2.61. The van der Waals surface area contributed by atoms with Gasteiger partial charge in [0, 0.05) is 36.8 Å². The molecule has 0 bridgehead atoms. The summed E-state index contributed by atoms with van der Waals surface area (Å²) in [6.07, 6.45) is 4.74. The van der Waals surface area contributed by atoms with E-state index in [-0.39, 0.29) is 0 Å². The molecule has 1 aromatic carbocycles. The predicted molar refractivity (Wildman–Crippen MR) is 81.1 cm³/mol. The monoisotopic (exact) mass is 291 g/mol. The van der Waals surface area contributed by atoms with Crippen LogP contribution in [0.25, 0.3) is 22.6 Å². The van der Waals surface area contributed by atoms with Crippen molar-refractivity contribution in [3.8, 4) is 28.4 Å². The molecule has 5 heteroatoms. The number of aromatic nitrogens is 3. The molecule has 1 atom stereocenters. The molecular formula is C17H13N3O2. The molecule has 0 N–H and O–H groups in total. The Morgan fingerprint density at radius 2 is 1.91 bits per heavy atom. The van der Waals surface area contributed by atoms with Gasteiger partial charge in [0.05, 0.1) is 11.3 Å². The number of hydrogen-bond acceptors (Lipinski definition) is 5. The molecule has 3 aromatic rings. The van der Waals surface area contributed by atoms with Crippen molar-refractivity contribution in [2.75, 3.05) is 7.11 Å². The first-order valence-corrected chi connectivity index (χ1v) is 6.93. The minimum atomic E-state index is -0.489. The van der Waals surface area contributed by atoms with Crippen molar-refractivity contribution >= 4 is 0 Å². The molecule has 108 valence electrons. The van der Waals surface area contributed by atoms with Crippen LogP contribution in [0.1, 0.15) is 11.9 Å². The second-order valence-electron chi connectivity index (χ2n) is 4.92. The third-order valence-corrected chi connectivity index (χ3v) is 3.60. The summed E-state index contributed by atoms with van der Waals surface area (Å²) in [5.74, 6) is 1.42. The van der Waals surface area contributed by atoms with E-state index in [9.17, 15) is 0 Å². The van der Waals surface area contributed by atoms with E-state index in [1.54, 1.807) is 25.7 Å². The van der Waals surface area contributed by atoms with Gasteiger partial charge in [-0.3, -0.25) is 4.98 Å². The molecule has 0 spiro atoms. The van der Waals surface area contributed by atoms with Crippen molar-refractivity contribution in [2.45, 2.75) is 6.29 Å². The van der Waals surface area contributed by atoms with Crippen LogP contribution in [0.3, 0.4) is 0 Å². The lowest BCUT2D eigenvalue weighted by Crippen LogP contribution is -2.17. The number of nitrogens with zero attached hydrogens (tertiary/aromatic N) is 3. The number of para-hydroxylation sites is 1. The smallest absolute Gasteiger partial charge is 0.230 e.